The molecule has 3 rings (SSSR count). The van der Waals surface area contributed by atoms with Gasteiger partial charge in [0.05, 0.1) is 0 Å². The zero-order valence-corrected chi connectivity index (χ0v) is 12.5. The Morgan fingerprint density at radius 1 is 0.900 bits per heavy atom. The SMILES string of the molecule is CN1CCCC=C1c1ccc(C2=NCCCN2C)cc1. The van der Waals surface area contributed by atoms with E-state index in [-0.39, 0.29) is 0 Å². The van der Waals surface area contributed by atoms with Crippen molar-refractivity contribution in [3.8, 4) is 0 Å². The summed E-state index contributed by atoms with van der Waals surface area (Å²) in [6, 6.07) is 8.88. The van der Waals surface area contributed by atoms with Crippen molar-refractivity contribution in [2.75, 3.05) is 33.7 Å². The summed E-state index contributed by atoms with van der Waals surface area (Å²) < 4.78 is 0. The molecule has 20 heavy (non-hydrogen) atoms. The summed E-state index contributed by atoms with van der Waals surface area (Å²) in [6.45, 7) is 3.22. The minimum Gasteiger partial charge on any atom is -0.374 e. The van der Waals surface area contributed by atoms with E-state index >= 15 is 0 Å². The summed E-state index contributed by atoms with van der Waals surface area (Å²) in [7, 11) is 4.31. The fraction of sp³-hybridized carbons (Fsp3) is 0.471. The molecule has 0 radical (unpaired) electrons. The smallest absolute Gasteiger partial charge is 0.130 e. The van der Waals surface area contributed by atoms with Gasteiger partial charge in [0, 0.05) is 45.0 Å². The van der Waals surface area contributed by atoms with Crippen LogP contribution in [0.25, 0.3) is 5.70 Å². The van der Waals surface area contributed by atoms with E-state index in [1.165, 1.54) is 29.7 Å². The standard InChI is InChI=1S/C17H23N3/c1-19-12-4-3-6-16(19)14-7-9-15(10-8-14)17-18-11-5-13-20(17)2/h6-10H,3-5,11-13H2,1-2H3. The third kappa shape index (κ3) is 2.58. The third-order valence-electron chi connectivity index (χ3n) is 4.16. The molecule has 0 aromatic heterocycles. The molecule has 0 N–H and O–H groups in total. The van der Waals surface area contributed by atoms with Crippen LogP contribution in [0, 0.1) is 0 Å². The van der Waals surface area contributed by atoms with Crippen LogP contribution in [-0.4, -0.2) is 49.4 Å². The lowest BCUT2D eigenvalue weighted by molar-refractivity contribution is 0.449. The van der Waals surface area contributed by atoms with Crippen LogP contribution in [0.15, 0.2) is 35.3 Å². The van der Waals surface area contributed by atoms with Gasteiger partial charge < -0.3 is 9.80 Å². The Hall–Kier alpha value is -1.77. The molecule has 0 atom stereocenters. The Balaban J connectivity index is 1.84. The molecule has 0 saturated heterocycles. The molecule has 0 amide bonds. The number of hydrogen-bond acceptors (Lipinski definition) is 3. The summed E-state index contributed by atoms with van der Waals surface area (Å²) in [5.74, 6) is 1.13. The van der Waals surface area contributed by atoms with Crippen LogP contribution in [0.3, 0.4) is 0 Å². The third-order valence-corrected chi connectivity index (χ3v) is 4.16. The van der Waals surface area contributed by atoms with Gasteiger partial charge in [0.1, 0.15) is 5.84 Å². The number of aliphatic imine (C=N–C) groups is 1. The molecular formula is C17H23N3. The van der Waals surface area contributed by atoms with Crippen LogP contribution >= 0.6 is 0 Å². The van der Waals surface area contributed by atoms with Crippen molar-refractivity contribution in [2.45, 2.75) is 19.3 Å². The second-order valence-corrected chi connectivity index (χ2v) is 5.71. The molecular weight excluding hydrogens is 246 g/mol. The Morgan fingerprint density at radius 3 is 2.30 bits per heavy atom. The molecule has 106 valence electrons. The first-order valence-electron chi connectivity index (χ1n) is 7.53. The number of rotatable bonds is 2. The van der Waals surface area contributed by atoms with Crippen molar-refractivity contribution in [1.82, 2.24) is 9.80 Å². The first-order valence-corrected chi connectivity index (χ1v) is 7.53. The zero-order valence-electron chi connectivity index (χ0n) is 12.5. The van der Waals surface area contributed by atoms with Crippen molar-refractivity contribution in [2.24, 2.45) is 4.99 Å². The number of allylic oxidation sites excluding steroid dienone is 1. The summed E-state index contributed by atoms with van der Waals surface area (Å²) in [5.41, 5.74) is 3.91. The van der Waals surface area contributed by atoms with Gasteiger partial charge in [0.2, 0.25) is 0 Å². The van der Waals surface area contributed by atoms with Gasteiger partial charge in [-0.05, 0) is 24.8 Å². The first-order chi connectivity index (χ1) is 9.75. The molecule has 1 aromatic rings. The van der Waals surface area contributed by atoms with E-state index in [9.17, 15) is 0 Å². The van der Waals surface area contributed by atoms with E-state index in [0.717, 1.165) is 31.9 Å². The van der Waals surface area contributed by atoms with Crippen molar-refractivity contribution in [3.05, 3.63) is 41.5 Å². The minimum atomic E-state index is 0.954. The Morgan fingerprint density at radius 2 is 1.60 bits per heavy atom. The first kappa shape index (κ1) is 13.2. The van der Waals surface area contributed by atoms with Crippen LogP contribution < -0.4 is 0 Å². The van der Waals surface area contributed by atoms with Gasteiger partial charge in [0.25, 0.3) is 0 Å². The van der Waals surface area contributed by atoms with Gasteiger partial charge in [-0.2, -0.15) is 0 Å². The maximum Gasteiger partial charge on any atom is 0.130 e. The Bertz CT molecular complexity index is 479. The number of hydrogen-bond donors (Lipinski definition) is 0. The number of benzene rings is 1. The monoisotopic (exact) mass is 269 g/mol. The lowest BCUT2D eigenvalue weighted by Gasteiger charge is -2.27. The predicted molar refractivity (Wildman–Crippen MR) is 84.9 cm³/mol. The molecule has 1 aromatic carbocycles. The molecule has 0 fully saturated rings. The maximum absolute atomic E-state index is 4.66. The van der Waals surface area contributed by atoms with E-state index in [1.807, 2.05) is 0 Å². The van der Waals surface area contributed by atoms with E-state index < -0.39 is 0 Å². The molecule has 3 heteroatoms. The predicted octanol–water partition coefficient (Wildman–Crippen LogP) is 2.84. The van der Waals surface area contributed by atoms with Crippen molar-refractivity contribution >= 4 is 11.5 Å². The van der Waals surface area contributed by atoms with E-state index in [4.69, 9.17) is 0 Å². The largest absolute Gasteiger partial charge is 0.374 e. The van der Waals surface area contributed by atoms with Gasteiger partial charge in [-0.1, -0.05) is 30.3 Å². The minimum absolute atomic E-state index is 0.954. The summed E-state index contributed by atoms with van der Waals surface area (Å²) in [6.07, 6.45) is 5.97. The van der Waals surface area contributed by atoms with E-state index in [0.29, 0.717) is 0 Å². The summed E-state index contributed by atoms with van der Waals surface area (Å²) in [4.78, 5) is 9.26. The second kappa shape index (κ2) is 5.70. The highest BCUT2D eigenvalue weighted by Gasteiger charge is 2.15. The van der Waals surface area contributed by atoms with Crippen LogP contribution in [-0.2, 0) is 0 Å². The molecule has 0 spiro atoms. The molecule has 2 aliphatic rings. The van der Waals surface area contributed by atoms with Crippen LogP contribution in [0.1, 0.15) is 30.4 Å². The van der Waals surface area contributed by atoms with Gasteiger partial charge in [-0.15, -0.1) is 0 Å². The zero-order chi connectivity index (χ0) is 13.9. The topological polar surface area (TPSA) is 18.8 Å². The molecule has 2 aliphatic heterocycles. The maximum atomic E-state index is 4.66. The average molecular weight is 269 g/mol. The van der Waals surface area contributed by atoms with Crippen LogP contribution in [0.2, 0.25) is 0 Å². The second-order valence-electron chi connectivity index (χ2n) is 5.71. The van der Waals surface area contributed by atoms with Crippen molar-refractivity contribution in [1.29, 1.82) is 0 Å². The summed E-state index contributed by atoms with van der Waals surface area (Å²) in [5, 5.41) is 0. The van der Waals surface area contributed by atoms with Gasteiger partial charge in [-0.3, -0.25) is 4.99 Å². The fourth-order valence-corrected chi connectivity index (χ4v) is 3.00. The fourth-order valence-electron chi connectivity index (χ4n) is 3.00. The highest BCUT2D eigenvalue weighted by Crippen LogP contribution is 2.24. The molecule has 0 aliphatic carbocycles. The van der Waals surface area contributed by atoms with Crippen LogP contribution in [0.5, 0.6) is 0 Å². The normalized spacial score (nSPS) is 19.7. The van der Waals surface area contributed by atoms with E-state index in [1.54, 1.807) is 0 Å². The Labute approximate surface area is 121 Å². The molecule has 0 unspecified atom stereocenters. The van der Waals surface area contributed by atoms with Gasteiger partial charge in [0.15, 0.2) is 0 Å². The van der Waals surface area contributed by atoms with Crippen molar-refractivity contribution < 1.29 is 0 Å². The quantitative estimate of drug-likeness (QED) is 0.822. The lowest BCUT2D eigenvalue weighted by Crippen LogP contribution is -2.32. The molecule has 2 heterocycles. The highest BCUT2D eigenvalue weighted by atomic mass is 15.2. The average Bonchev–Trinajstić information content (AvgIpc) is 2.49. The molecule has 0 saturated carbocycles. The summed E-state index contributed by atoms with van der Waals surface area (Å²) >= 11 is 0. The highest BCUT2D eigenvalue weighted by molar-refractivity contribution is 5.99. The lowest BCUT2D eigenvalue weighted by atomic mass is 10.0. The van der Waals surface area contributed by atoms with Gasteiger partial charge in [-0.25, -0.2) is 0 Å². The Kier molecular flexibility index (Phi) is 3.77. The van der Waals surface area contributed by atoms with Crippen LogP contribution in [0.4, 0.5) is 0 Å². The number of amidine groups is 1. The van der Waals surface area contributed by atoms with Gasteiger partial charge >= 0.3 is 0 Å². The molecule has 3 nitrogen and oxygen atoms in total. The molecule has 0 bridgehead atoms. The number of nitrogens with zero attached hydrogens (tertiary/aromatic N) is 3. The van der Waals surface area contributed by atoms with Crippen molar-refractivity contribution in [3.63, 3.8) is 0 Å². The van der Waals surface area contributed by atoms with E-state index in [2.05, 4.69) is 59.2 Å².